The van der Waals surface area contributed by atoms with Crippen molar-refractivity contribution < 1.29 is 19.1 Å². The van der Waals surface area contributed by atoms with Gasteiger partial charge in [0.25, 0.3) is 0 Å². The fraction of sp³-hybridized carbons (Fsp3) is 0.833. The molecule has 0 rings (SSSR count). The molecule has 100 valence electrons. The van der Waals surface area contributed by atoms with Crippen molar-refractivity contribution in [3.05, 3.63) is 0 Å². The predicted octanol–water partition coefficient (Wildman–Crippen LogP) is 2.05. The molecule has 0 atom stereocenters. The van der Waals surface area contributed by atoms with Gasteiger partial charge in [0, 0.05) is 7.05 Å². The highest BCUT2D eigenvalue weighted by Crippen LogP contribution is 2.13. The highest BCUT2D eigenvalue weighted by molar-refractivity contribution is 5.77. The Morgan fingerprint density at radius 2 is 1.76 bits per heavy atom. The van der Waals surface area contributed by atoms with Crippen LogP contribution in [0.3, 0.4) is 0 Å². The Bertz CT molecular complexity index is 258. The molecule has 0 aromatic rings. The number of carbonyl (C=O) groups excluding carboxylic acids is 2. The van der Waals surface area contributed by atoms with E-state index in [4.69, 9.17) is 9.47 Å². The van der Waals surface area contributed by atoms with Crippen LogP contribution in [-0.2, 0) is 14.3 Å². The van der Waals surface area contributed by atoms with E-state index in [1.54, 1.807) is 0 Å². The first-order valence-electron chi connectivity index (χ1n) is 5.80. The Hall–Kier alpha value is -1.26. The number of ether oxygens (including phenoxy) is 2. The van der Waals surface area contributed by atoms with Gasteiger partial charge < -0.3 is 14.4 Å². The van der Waals surface area contributed by atoms with Gasteiger partial charge in [-0.15, -0.1) is 0 Å². The minimum Gasteiger partial charge on any atom is -0.464 e. The van der Waals surface area contributed by atoms with Crippen molar-refractivity contribution >= 4 is 12.1 Å². The summed E-state index contributed by atoms with van der Waals surface area (Å²) in [7, 11) is 1.51. The average Bonchev–Trinajstić information content (AvgIpc) is 2.21. The topological polar surface area (TPSA) is 55.8 Å². The largest absolute Gasteiger partial charge is 0.464 e. The number of esters is 1. The minimum absolute atomic E-state index is 0.0804. The van der Waals surface area contributed by atoms with Gasteiger partial charge in [-0.2, -0.15) is 0 Å². The molecule has 0 unspecified atom stereocenters. The lowest BCUT2D eigenvalue weighted by Gasteiger charge is -2.21. The van der Waals surface area contributed by atoms with Crippen molar-refractivity contribution in [2.24, 2.45) is 5.41 Å². The standard InChI is InChI=1S/C12H23NO4/c1-6-7-16-10(14)8-13(5)11(15)17-9-12(2,3)4/h6-9H2,1-5H3. The van der Waals surface area contributed by atoms with E-state index < -0.39 is 12.1 Å². The highest BCUT2D eigenvalue weighted by Gasteiger charge is 2.18. The van der Waals surface area contributed by atoms with Crippen molar-refractivity contribution in [1.82, 2.24) is 4.90 Å². The summed E-state index contributed by atoms with van der Waals surface area (Å²) in [6.07, 6.45) is 0.262. The number of rotatable bonds is 5. The van der Waals surface area contributed by atoms with Gasteiger partial charge in [0.15, 0.2) is 0 Å². The third-order valence-electron chi connectivity index (χ3n) is 1.77. The Balaban J connectivity index is 3.93. The van der Waals surface area contributed by atoms with Crippen LogP contribution in [0.25, 0.3) is 0 Å². The molecule has 17 heavy (non-hydrogen) atoms. The molecule has 0 aromatic heterocycles. The Morgan fingerprint density at radius 1 is 1.18 bits per heavy atom. The van der Waals surface area contributed by atoms with E-state index in [0.29, 0.717) is 13.2 Å². The molecule has 0 fully saturated rings. The third kappa shape index (κ3) is 8.54. The van der Waals surface area contributed by atoms with E-state index in [2.05, 4.69) is 0 Å². The molecule has 0 saturated heterocycles. The first-order chi connectivity index (χ1) is 7.76. The number of hydrogen-bond acceptors (Lipinski definition) is 4. The van der Waals surface area contributed by atoms with Crippen LogP contribution < -0.4 is 0 Å². The van der Waals surface area contributed by atoms with Crippen LogP contribution in [0.1, 0.15) is 34.1 Å². The maximum absolute atomic E-state index is 11.5. The second kappa shape index (κ2) is 7.14. The fourth-order valence-electron chi connectivity index (χ4n) is 0.908. The SMILES string of the molecule is CCCOC(=O)CN(C)C(=O)OCC(C)(C)C. The monoisotopic (exact) mass is 245 g/mol. The number of likely N-dealkylation sites (N-methyl/N-ethyl adjacent to an activating group) is 1. The molecule has 0 N–H and O–H groups in total. The predicted molar refractivity (Wildman–Crippen MR) is 64.7 cm³/mol. The fourth-order valence-corrected chi connectivity index (χ4v) is 0.908. The second-order valence-electron chi connectivity index (χ2n) is 5.19. The second-order valence-corrected chi connectivity index (χ2v) is 5.19. The van der Waals surface area contributed by atoms with E-state index in [-0.39, 0.29) is 12.0 Å². The molecule has 0 aliphatic carbocycles. The summed E-state index contributed by atoms with van der Waals surface area (Å²) in [5, 5.41) is 0. The van der Waals surface area contributed by atoms with Crippen molar-refractivity contribution in [3.63, 3.8) is 0 Å². The van der Waals surface area contributed by atoms with Crippen LogP contribution in [0.15, 0.2) is 0 Å². The Labute approximate surface area is 103 Å². The van der Waals surface area contributed by atoms with Gasteiger partial charge in [-0.1, -0.05) is 27.7 Å². The molecule has 0 spiro atoms. The molecule has 1 amide bonds. The zero-order valence-electron chi connectivity index (χ0n) is 11.4. The molecule has 5 heteroatoms. The van der Waals surface area contributed by atoms with Crippen LogP contribution >= 0.6 is 0 Å². The molecule has 0 bridgehead atoms. The molecular weight excluding hydrogens is 222 g/mol. The molecule has 0 heterocycles. The lowest BCUT2D eigenvalue weighted by molar-refractivity contribution is -0.144. The normalized spacial score (nSPS) is 10.9. The van der Waals surface area contributed by atoms with E-state index >= 15 is 0 Å². The quantitative estimate of drug-likeness (QED) is 0.696. The number of amides is 1. The van der Waals surface area contributed by atoms with Gasteiger partial charge in [-0.25, -0.2) is 4.79 Å². The Kier molecular flexibility index (Phi) is 6.61. The lowest BCUT2D eigenvalue weighted by atomic mass is 9.99. The molecule has 0 saturated carbocycles. The maximum atomic E-state index is 11.5. The molecule has 0 radical (unpaired) electrons. The van der Waals surface area contributed by atoms with Crippen molar-refractivity contribution in [2.75, 3.05) is 26.8 Å². The summed E-state index contributed by atoms with van der Waals surface area (Å²) in [5.41, 5.74) is -0.0841. The van der Waals surface area contributed by atoms with Gasteiger partial charge in [0.1, 0.15) is 6.54 Å². The molecule has 0 aromatic carbocycles. The highest BCUT2D eigenvalue weighted by atomic mass is 16.6. The third-order valence-corrected chi connectivity index (χ3v) is 1.77. The van der Waals surface area contributed by atoms with E-state index in [0.717, 1.165) is 6.42 Å². The van der Waals surface area contributed by atoms with Gasteiger partial charge in [0.05, 0.1) is 13.2 Å². The Morgan fingerprint density at radius 3 is 2.24 bits per heavy atom. The van der Waals surface area contributed by atoms with Crippen molar-refractivity contribution in [1.29, 1.82) is 0 Å². The van der Waals surface area contributed by atoms with Crippen LogP contribution in [0.4, 0.5) is 4.79 Å². The summed E-state index contributed by atoms with van der Waals surface area (Å²) >= 11 is 0. The van der Waals surface area contributed by atoms with Gasteiger partial charge in [-0.05, 0) is 11.8 Å². The molecule has 5 nitrogen and oxygen atoms in total. The lowest BCUT2D eigenvalue weighted by Crippen LogP contribution is -2.35. The molecule has 0 aliphatic rings. The van der Waals surface area contributed by atoms with Crippen LogP contribution in [-0.4, -0.2) is 43.8 Å². The number of nitrogens with zero attached hydrogens (tertiary/aromatic N) is 1. The van der Waals surface area contributed by atoms with Crippen LogP contribution in [0.2, 0.25) is 0 Å². The average molecular weight is 245 g/mol. The maximum Gasteiger partial charge on any atom is 0.410 e. The number of hydrogen-bond donors (Lipinski definition) is 0. The van der Waals surface area contributed by atoms with Crippen molar-refractivity contribution in [3.8, 4) is 0 Å². The molecule has 0 aliphatic heterocycles. The van der Waals surface area contributed by atoms with Crippen LogP contribution in [0, 0.1) is 5.41 Å². The summed E-state index contributed by atoms with van der Waals surface area (Å²) in [6.45, 7) is 8.43. The zero-order chi connectivity index (χ0) is 13.5. The minimum atomic E-state index is -0.506. The van der Waals surface area contributed by atoms with Crippen LogP contribution in [0.5, 0.6) is 0 Å². The first-order valence-corrected chi connectivity index (χ1v) is 5.80. The zero-order valence-corrected chi connectivity index (χ0v) is 11.4. The summed E-state index contributed by atoms with van der Waals surface area (Å²) in [5.74, 6) is -0.415. The van der Waals surface area contributed by atoms with E-state index in [9.17, 15) is 9.59 Å². The smallest absolute Gasteiger partial charge is 0.410 e. The number of carbonyl (C=O) groups is 2. The molecular formula is C12H23NO4. The van der Waals surface area contributed by atoms with E-state index in [1.807, 2.05) is 27.7 Å². The first kappa shape index (κ1) is 15.7. The summed E-state index contributed by atoms with van der Waals surface area (Å²) < 4.78 is 9.92. The van der Waals surface area contributed by atoms with Gasteiger partial charge >= 0.3 is 12.1 Å². The van der Waals surface area contributed by atoms with Gasteiger partial charge in [0.2, 0.25) is 0 Å². The summed E-state index contributed by atoms with van der Waals surface area (Å²) in [6, 6.07) is 0. The van der Waals surface area contributed by atoms with Gasteiger partial charge in [-0.3, -0.25) is 4.79 Å². The summed E-state index contributed by atoms with van der Waals surface area (Å²) in [4.78, 5) is 24.0. The van der Waals surface area contributed by atoms with Crippen molar-refractivity contribution in [2.45, 2.75) is 34.1 Å². The van der Waals surface area contributed by atoms with E-state index in [1.165, 1.54) is 11.9 Å².